The second-order valence-corrected chi connectivity index (χ2v) is 8.97. The normalized spacial score (nSPS) is 11.4. The van der Waals surface area contributed by atoms with E-state index >= 15 is 0 Å². The van der Waals surface area contributed by atoms with Gasteiger partial charge in [-0.3, -0.25) is 9.36 Å². The molecule has 170 valence electrons. The number of methoxy groups -OCH3 is 1. The lowest BCUT2D eigenvalue weighted by Gasteiger charge is -2.19. The summed E-state index contributed by atoms with van der Waals surface area (Å²) in [5.74, 6) is 1.10. The third kappa shape index (κ3) is 7.18. The molecule has 0 amide bonds. The summed E-state index contributed by atoms with van der Waals surface area (Å²) in [6.45, 7) is 8.18. The predicted molar refractivity (Wildman–Crippen MR) is 119 cm³/mol. The van der Waals surface area contributed by atoms with Crippen LogP contribution in [0.4, 0.5) is 0 Å². The molecule has 0 saturated heterocycles. The quantitative estimate of drug-likeness (QED) is 0.233. The highest BCUT2D eigenvalue weighted by Gasteiger charge is 2.25. The van der Waals surface area contributed by atoms with Gasteiger partial charge in [-0.15, -0.1) is 0 Å². The first kappa shape index (κ1) is 25.1. The molecule has 31 heavy (non-hydrogen) atoms. The maximum atomic E-state index is 12.6. The molecule has 0 unspecified atom stereocenters. The molecule has 0 aliphatic carbocycles. The summed E-state index contributed by atoms with van der Waals surface area (Å²) in [6, 6.07) is 9.34. The van der Waals surface area contributed by atoms with Gasteiger partial charge in [-0.05, 0) is 80.6 Å². The topological polar surface area (TPSA) is 80.3 Å². The fraction of sp³-hybridized carbons (Fsp3) is 0.435. The Morgan fingerprint density at radius 3 is 2.16 bits per heavy atom. The summed E-state index contributed by atoms with van der Waals surface area (Å²) >= 11 is 0. The Labute approximate surface area is 184 Å². The van der Waals surface area contributed by atoms with Crippen molar-refractivity contribution in [3.8, 4) is 11.5 Å². The molecule has 7 nitrogen and oxygen atoms in total. The minimum absolute atomic E-state index is 0.0827. The molecule has 0 spiro atoms. The molecule has 0 N–H and O–H groups in total. The van der Waals surface area contributed by atoms with E-state index in [0.717, 1.165) is 28.5 Å². The van der Waals surface area contributed by atoms with Crippen molar-refractivity contribution < 1.29 is 32.6 Å². The van der Waals surface area contributed by atoms with Crippen LogP contribution in [0.15, 0.2) is 30.3 Å². The van der Waals surface area contributed by atoms with E-state index in [0.29, 0.717) is 23.5 Å². The first-order chi connectivity index (χ1) is 14.9. The number of rotatable bonds is 13. The van der Waals surface area contributed by atoms with Gasteiger partial charge in [-0.25, -0.2) is 0 Å². The number of carbonyl (C=O) groups is 1. The third-order valence-corrected chi connectivity index (χ3v) is 6.37. The lowest BCUT2D eigenvalue weighted by Crippen LogP contribution is -2.06. The van der Waals surface area contributed by atoms with E-state index < -0.39 is 7.60 Å². The first-order valence-electron chi connectivity index (χ1n) is 10.2. The highest BCUT2D eigenvalue weighted by molar-refractivity contribution is 7.53. The van der Waals surface area contributed by atoms with E-state index in [9.17, 15) is 9.36 Å². The number of benzene rings is 2. The fourth-order valence-electron chi connectivity index (χ4n) is 3.23. The van der Waals surface area contributed by atoms with Gasteiger partial charge in [0.15, 0.2) is 19.4 Å². The van der Waals surface area contributed by atoms with Crippen molar-refractivity contribution in [1.82, 2.24) is 0 Å². The van der Waals surface area contributed by atoms with Crippen LogP contribution in [0.1, 0.15) is 46.5 Å². The summed E-state index contributed by atoms with van der Waals surface area (Å²) in [5.41, 5.74) is 4.67. The van der Waals surface area contributed by atoms with Crippen LogP contribution in [-0.4, -0.2) is 39.8 Å². The third-order valence-electron chi connectivity index (χ3n) is 4.62. The number of ether oxygens (including phenoxy) is 3. The molecule has 0 saturated carbocycles. The molecule has 0 aliphatic rings. The second kappa shape index (κ2) is 12.0. The van der Waals surface area contributed by atoms with Crippen LogP contribution in [0.3, 0.4) is 0 Å². The van der Waals surface area contributed by atoms with Crippen molar-refractivity contribution in [3.63, 3.8) is 0 Å². The fourth-order valence-corrected chi connectivity index (χ4v) is 4.55. The van der Waals surface area contributed by atoms with Crippen LogP contribution in [0, 0.1) is 13.8 Å². The molecule has 2 aromatic rings. The smallest absolute Gasteiger partial charge is 0.367 e. The SMILES string of the molecule is CCOP(=O)(COc1cc(C)c(Cc2ccc(OCOC)c(C=O)c2)c(C)c1)OCC. The zero-order valence-corrected chi connectivity index (χ0v) is 19.7. The van der Waals surface area contributed by atoms with E-state index in [2.05, 4.69) is 0 Å². The molecule has 0 aliphatic heterocycles. The zero-order chi connectivity index (χ0) is 22.9. The Bertz CT molecular complexity index is 893. The minimum atomic E-state index is -3.28. The Balaban J connectivity index is 2.17. The van der Waals surface area contributed by atoms with Gasteiger partial charge in [0.2, 0.25) is 0 Å². The lowest BCUT2D eigenvalue weighted by molar-refractivity contribution is 0.0505. The van der Waals surface area contributed by atoms with Gasteiger partial charge in [-0.1, -0.05) is 6.07 Å². The van der Waals surface area contributed by atoms with Crippen LogP contribution in [0.25, 0.3) is 0 Å². The van der Waals surface area contributed by atoms with Crippen molar-refractivity contribution in [1.29, 1.82) is 0 Å². The number of aryl methyl sites for hydroxylation is 2. The number of hydrogen-bond acceptors (Lipinski definition) is 7. The first-order valence-corrected chi connectivity index (χ1v) is 11.9. The molecule has 0 aromatic heterocycles. The summed E-state index contributed by atoms with van der Waals surface area (Å²) in [6.07, 6.45) is 1.29. The van der Waals surface area contributed by atoms with Gasteiger partial charge in [0.1, 0.15) is 11.5 Å². The maximum Gasteiger partial charge on any atom is 0.367 e. The van der Waals surface area contributed by atoms with Crippen molar-refractivity contribution in [2.75, 3.05) is 33.5 Å². The molecule has 0 bridgehead atoms. The molecule has 0 heterocycles. The van der Waals surface area contributed by atoms with E-state index in [4.69, 9.17) is 23.3 Å². The Kier molecular flexibility index (Phi) is 9.72. The van der Waals surface area contributed by atoms with E-state index in [1.807, 2.05) is 38.1 Å². The minimum Gasteiger partial charge on any atom is -0.481 e. The van der Waals surface area contributed by atoms with Crippen LogP contribution in [-0.2, 0) is 24.8 Å². The highest BCUT2D eigenvalue weighted by atomic mass is 31.2. The van der Waals surface area contributed by atoms with Crippen LogP contribution < -0.4 is 9.47 Å². The van der Waals surface area contributed by atoms with Gasteiger partial charge in [0, 0.05) is 7.11 Å². The van der Waals surface area contributed by atoms with Crippen molar-refractivity contribution in [2.45, 2.75) is 34.1 Å². The average molecular weight is 450 g/mol. The Morgan fingerprint density at radius 1 is 0.968 bits per heavy atom. The summed E-state index contributed by atoms with van der Waals surface area (Å²) in [4.78, 5) is 11.4. The average Bonchev–Trinajstić information content (AvgIpc) is 2.74. The van der Waals surface area contributed by atoms with Gasteiger partial charge in [0.25, 0.3) is 0 Å². The Morgan fingerprint density at radius 2 is 1.61 bits per heavy atom. The molecule has 2 rings (SSSR count). The molecule has 8 heteroatoms. The van der Waals surface area contributed by atoms with E-state index in [1.54, 1.807) is 19.9 Å². The van der Waals surface area contributed by atoms with Gasteiger partial charge >= 0.3 is 7.60 Å². The standard InChI is InChI=1S/C23H31O7P/c1-6-29-31(25,30-7-2)16-28-21-10-17(3)22(18(4)11-21)13-19-8-9-23(27-15-26-5)20(12-19)14-24/h8-12,14H,6-7,13,15-16H2,1-5H3. The second-order valence-electron chi connectivity index (χ2n) is 6.97. The number of hydrogen-bond donors (Lipinski definition) is 0. The molecular weight excluding hydrogens is 419 g/mol. The monoisotopic (exact) mass is 450 g/mol. The highest BCUT2D eigenvalue weighted by Crippen LogP contribution is 2.48. The lowest BCUT2D eigenvalue weighted by atomic mass is 9.95. The van der Waals surface area contributed by atoms with Gasteiger partial charge < -0.3 is 23.3 Å². The summed E-state index contributed by atoms with van der Waals surface area (Å²) in [7, 11) is -1.75. The molecule has 0 atom stereocenters. The van der Waals surface area contributed by atoms with E-state index in [-0.39, 0.29) is 26.4 Å². The predicted octanol–water partition coefficient (Wildman–Crippen LogP) is 5.29. The molecule has 0 fully saturated rings. The van der Waals surface area contributed by atoms with Crippen LogP contribution in [0.5, 0.6) is 11.5 Å². The molecular formula is C23H31O7P. The largest absolute Gasteiger partial charge is 0.481 e. The number of aldehydes is 1. The van der Waals surface area contributed by atoms with Crippen LogP contribution >= 0.6 is 7.60 Å². The Hall–Kier alpha value is -2.18. The zero-order valence-electron chi connectivity index (χ0n) is 18.8. The molecule has 2 aromatic carbocycles. The number of carbonyl (C=O) groups excluding carboxylic acids is 1. The van der Waals surface area contributed by atoms with Crippen LogP contribution in [0.2, 0.25) is 0 Å². The maximum absolute atomic E-state index is 12.6. The van der Waals surface area contributed by atoms with Gasteiger partial charge in [0.05, 0.1) is 18.8 Å². The molecule has 0 radical (unpaired) electrons. The van der Waals surface area contributed by atoms with E-state index in [1.165, 1.54) is 7.11 Å². The van der Waals surface area contributed by atoms with Crippen molar-refractivity contribution in [3.05, 3.63) is 58.1 Å². The summed E-state index contributed by atoms with van der Waals surface area (Å²) < 4.78 is 39.2. The van der Waals surface area contributed by atoms with Gasteiger partial charge in [-0.2, -0.15) is 0 Å². The van der Waals surface area contributed by atoms with Crippen molar-refractivity contribution >= 4 is 13.9 Å². The van der Waals surface area contributed by atoms with Crippen molar-refractivity contribution in [2.24, 2.45) is 0 Å². The summed E-state index contributed by atoms with van der Waals surface area (Å²) in [5, 5.41) is 0.